The van der Waals surface area contributed by atoms with Crippen molar-refractivity contribution < 1.29 is 9.59 Å². The van der Waals surface area contributed by atoms with Gasteiger partial charge in [-0.25, -0.2) is 5.43 Å². The van der Waals surface area contributed by atoms with E-state index >= 15 is 0 Å². The lowest BCUT2D eigenvalue weighted by atomic mass is 10.2. The molecule has 0 atom stereocenters. The highest BCUT2D eigenvalue weighted by Gasteiger charge is 2.07. The van der Waals surface area contributed by atoms with Crippen LogP contribution in [0.5, 0.6) is 0 Å². The van der Waals surface area contributed by atoms with E-state index in [0.717, 1.165) is 5.56 Å². The maximum atomic E-state index is 11.6. The zero-order valence-electron chi connectivity index (χ0n) is 10.6. The lowest BCUT2D eigenvalue weighted by Gasteiger charge is -2.02. The van der Waals surface area contributed by atoms with Crippen LogP contribution in [-0.4, -0.2) is 24.6 Å². The van der Waals surface area contributed by atoms with Gasteiger partial charge in [0, 0.05) is 0 Å². The average Bonchev–Trinajstić information content (AvgIpc) is 3.00. The predicted octanol–water partition coefficient (Wildman–Crippen LogP) is 1.63. The van der Waals surface area contributed by atoms with Crippen LogP contribution < -0.4 is 10.7 Å². The van der Waals surface area contributed by atoms with Gasteiger partial charge in [-0.3, -0.25) is 9.59 Å². The summed E-state index contributed by atoms with van der Waals surface area (Å²) in [5.41, 5.74) is 3.24. The molecule has 6 heteroatoms. The summed E-state index contributed by atoms with van der Waals surface area (Å²) >= 11 is 1.32. The molecule has 1 aromatic heterocycles. The van der Waals surface area contributed by atoms with Crippen molar-refractivity contribution in [1.29, 1.82) is 0 Å². The largest absolute Gasteiger partial charge is 0.342 e. The van der Waals surface area contributed by atoms with Crippen LogP contribution in [-0.2, 0) is 4.79 Å². The fraction of sp³-hybridized carbons (Fsp3) is 0.0714. The van der Waals surface area contributed by atoms with Gasteiger partial charge in [-0.1, -0.05) is 36.4 Å². The Balaban J connectivity index is 1.73. The van der Waals surface area contributed by atoms with Gasteiger partial charge in [-0.05, 0) is 17.0 Å². The second kappa shape index (κ2) is 7.20. The Kier molecular flexibility index (Phi) is 5.02. The summed E-state index contributed by atoms with van der Waals surface area (Å²) in [6.07, 6.45) is 1.54. The number of carbonyl (C=O) groups excluding carboxylic acids is 2. The molecule has 0 saturated carbocycles. The molecular weight excluding hydrogens is 274 g/mol. The molecule has 2 amide bonds. The highest BCUT2D eigenvalue weighted by molar-refractivity contribution is 7.12. The number of benzene rings is 1. The zero-order chi connectivity index (χ0) is 14.2. The number of amides is 2. The van der Waals surface area contributed by atoms with Crippen LogP contribution in [0.15, 0.2) is 52.9 Å². The number of nitrogens with one attached hydrogen (secondary N) is 2. The van der Waals surface area contributed by atoms with Gasteiger partial charge in [0.2, 0.25) is 0 Å². The molecule has 0 saturated heterocycles. The maximum Gasteiger partial charge on any atom is 0.261 e. The first-order chi connectivity index (χ1) is 9.75. The Morgan fingerprint density at radius 2 is 1.95 bits per heavy atom. The zero-order valence-corrected chi connectivity index (χ0v) is 11.4. The van der Waals surface area contributed by atoms with E-state index < -0.39 is 0 Å². The SMILES string of the molecule is O=C(CNC(=O)c1cccs1)N/N=C\c1ccccc1. The lowest BCUT2D eigenvalue weighted by molar-refractivity contribution is -0.120. The summed E-state index contributed by atoms with van der Waals surface area (Å²) in [6.45, 7) is -0.108. The molecular formula is C14H13N3O2S. The van der Waals surface area contributed by atoms with Crippen LogP contribution in [0.2, 0.25) is 0 Å². The molecule has 0 fully saturated rings. The molecule has 102 valence electrons. The monoisotopic (exact) mass is 287 g/mol. The molecule has 0 aliphatic rings. The average molecular weight is 287 g/mol. The molecule has 0 radical (unpaired) electrons. The molecule has 5 nitrogen and oxygen atoms in total. The summed E-state index contributed by atoms with van der Waals surface area (Å²) in [7, 11) is 0. The summed E-state index contributed by atoms with van der Waals surface area (Å²) in [4.78, 5) is 23.6. The Morgan fingerprint density at radius 1 is 1.15 bits per heavy atom. The number of hydrogen-bond donors (Lipinski definition) is 2. The summed E-state index contributed by atoms with van der Waals surface area (Å²) in [5, 5.41) is 8.13. The number of nitrogens with zero attached hydrogens (tertiary/aromatic N) is 1. The van der Waals surface area contributed by atoms with Gasteiger partial charge in [0.05, 0.1) is 17.6 Å². The summed E-state index contributed by atoms with van der Waals surface area (Å²) in [6, 6.07) is 12.9. The highest BCUT2D eigenvalue weighted by Crippen LogP contribution is 2.07. The highest BCUT2D eigenvalue weighted by atomic mass is 32.1. The van der Waals surface area contributed by atoms with E-state index in [1.165, 1.54) is 11.3 Å². The lowest BCUT2D eigenvalue weighted by Crippen LogP contribution is -2.34. The van der Waals surface area contributed by atoms with E-state index in [-0.39, 0.29) is 18.4 Å². The van der Waals surface area contributed by atoms with E-state index in [4.69, 9.17) is 0 Å². The van der Waals surface area contributed by atoms with Crippen molar-refractivity contribution in [3.63, 3.8) is 0 Å². The van der Waals surface area contributed by atoms with Crippen molar-refractivity contribution in [2.24, 2.45) is 5.10 Å². The Labute approximate surface area is 120 Å². The van der Waals surface area contributed by atoms with E-state index in [1.54, 1.807) is 23.7 Å². The fourth-order valence-electron chi connectivity index (χ4n) is 1.41. The molecule has 0 bridgehead atoms. The van der Waals surface area contributed by atoms with Crippen molar-refractivity contribution in [3.05, 3.63) is 58.3 Å². The van der Waals surface area contributed by atoms with Crippen molar-refractivity contribution in [1.82, 2.24) is 10.7 Å². The molecule has 0 aliphatic carbocycles. The topological polar surface area (TPSA) is 70.6 Å². The number of rotatable bonds is 5. The van der Waals surface area contributed by atoms with Crippen LogP contribution in [0.25, 0.3) is 0 Å². The van der Waals surface area contributed by atoms with E-state index in [9.17, 15) is 9.59 Å². The normalized spacial score (nSPS) is 10.4. The second-order valence-corrected chi connectivity index (χ2v) is 4.81. The molecule has 1 heterocycles. The van der Waals surface area contributed by atoms with Crippen LogP contribution >= 0.6 is 11.3 Å². The minimum absolute atomic E-state index is 0.108. The number of hydrazone groups is 1. The van der Waals surface area contributed by atoms with Gasteiger partial charge in [-0.2, -0.15) is 5.10 Å². The first-order valence-corrected chi connectivity index (χ1v) is 6.82. The molecule has 0 unspecified atom stereocenters. The first-order valence-electron chi connectivity index (χ1n) is 5.94. The third-order valence-corrected chi connectivity index (χ3v) is 3.23. The molecule has 0 spiro atoms. The Hall–Kier alpha value is -2.47. The number of thiophene rings is 1. The molecule has 0 aliphatic heterocycles. The Bertz CT molecular complexity index is 594. The minimum atomic E-state index is -0.373. The number of carbonyl (C=O) groups is 2. The van der Waals surface area contributed by atoms with Gasteiger partial charge >= 0.3 is 0 Å². The van der Waals surface area contributed by atoms with Gasteiger partial charge in [0.15, 0.2) is 0 Å². The van der Waals surface area contributed by atoms with E-state index in [0.29, 0.717) is 4.88 Å². The number of hydrogen-bond acceptors (Lipinski definition) is 4. The van der Waals surface area contributed by atoms with Crippen LogP contribution in [0.3, 0.4) is 0 Å². The van der Waals surface area contributed by atoms with Crippen molar-refractivity contribution in [2.45, 2.75) is 0 Å². The third-order valence-electron chi connectivity index (χ3n) is 2.36. The molecule has 1 aromatic carbocycles. The summed E-state index contributed by atoms with van der Waals surface area (Å²) < 4.78 is 0. The first kappa shape index (κ1) is 14.0. The van der Waals surface area contributed by atoms with Crippen LogP contribution in [0.1, 0.15) is 15.2 Å². The Morgan fingerprint density at radius 3 is 2.65 bits per heavy atom. The van der Waals surface area contributed by atoms with Gasteiger partial charge in [-0.15, -0.1) is 11.3 Å². The van der Waals surface area contributed by atoms with Gasteiger partial charge in [0.1, 0.15) is 0 Å². The smallest absolute Gasteiger partial charge is 0.261 e. The molecule has 20 heavy (non-hydrogen) atoms. The van der Waals surface area contributed by atoms with Crippen LogP contribution in [0.4, 0.5) is 0 Å². The van der Waals surface area contributed by atoms with Crippen molar-refractivity contribution in [3.8, 4) is 0 Å². The minimum Gasteiger partial charge on any atom is -0.342 e. The summed E-state index contributed by atoms with van der Waals surface area (Å²) in [5.74, 6) is -0.635. The fourth-order valence-corrected chi connectivity index (χ4v) is 2.05. The van der Waals surface area contributed by atoms with Crippen LogP contribution in [0, 0.1) is 0 Å². The van der Waals surface area contributed by atoms with Gasteiger partial charge < -0.3 is 5.32 Å². The van der Waals surface area contributed by atoms with E-state index in [1.807, 2.05) is 30.3 Å². The van der Waals surface area contributed by atoms with E-state index in [2.05, 4.69) is 15.8 Å². The molecule has 2 rings (SSSR count). The van der Waals surface area contributed by atoms with Gasteiger partial charge in [0.25, 0.3) is 11.8 Å². The quantitative estimate of drug-likeness (QED) is 0.648. The second-order valence-electron chi connectivity index (χ2n) is 3.86. The molecule has 2 N–H and O–H groups in total. The standard InChI is InChI=1S/C14H13N3O2S/c18-13(10-15-14(19)12-7-4-8-20-12)17-16-9-11-5-2-1-3-6-11/h1-9H,10H2,(H,15,19)(H,17,18)/b16-9-. The maximum absolute atomic E-state index is 11.6. The predicted molar refractivity (Wildman–Crippen MR) is 78.8 cm³/mol. The van der Waals surface area contributed by atoms with Crippen molar-refractivity contribution in [2.75, 3.05) is 6.54 Å². The molecule has 2 aromatic rings. The van der Waals surface area contributed by atoms with Crippen molar-refractivity contribution >= 4 is 29.4 Å². The third kappa shape index (κ3) is 4.33.